The largest absolute Gasteiger partial charge is 0.507 e. The maximum atomic E-state index is 12.7. The molecule has 20 heavy (non-hydrogen) atoms. The number of hydrogen-bond acceptors (Lipinski definition) is 2. The van der Waals surface area contributed by atoms with Crippen LogP contribution in [0, 0.1) is 11.8 Å². The quantitative estimate of drug-likeness (QED) is 0.911. The van der Waals surface area contributed by atoms with Gasteiger partial charge in [0.25, 0.3) is 0 Å². The van der Waals surface area contributed by atoms with E-state index in [0.717, 1.165) is 31.6 Å². The van der Waals surface area contributed by atoms with E-state index in [2.05, 4.69) is 18.7 Å². The fourth-order valence-electron chi connectivity index (χ4n) is 2.72. The van der Waals surface area contributed by atoms with Gasteiger partial charge < -0.3 is 5.11 Å². The zero-order valence-corrected chi connectivity index (χ0v) is 11.7. The van der Waals surface area contributed by atoms with Crippen molar-refractivity contribution in [1.82, 2.24) is 4.90 Å². The molecule has 1 unspecified atom stereocenters. The molecule has 1 aliphatic heterocycles. The van der Waals surface area contributed by atoms with E-state index in [1.807, 2.05) is 0 Å². The lowest BCUT2D eigenvalue weighted by Crippen LogP contribution is -2.21. The van der Waals surface area contributed by atoms with Crippen LogP contribution in [0.4, 0.5) is 13.2 Å². The molecule has 1 aromatic rings. The average Bonchev–Trinajstić information content (AvgIpc) is 2.79. The lowest BCUT2D eigenvalue weighted by Gasteiger charge is -2.19. The molecule has 0 aromatic heterocycles. The second-order valence-electron chi connectivity index (χ2n) is 5.88. The lowest BCUT2D eigenvalue weighted by molar-refractivity contribution is -0.138. The van der Waals surface area contributed by atoms with Crippen molar-refractivity contribution in [3.05, 3.63) is 29.3 Å². The molecule has 1 fully saturated rings. The Morgan fingerprint density at radius 2 is 2.05 bits per heavy atom. The standard InChI is InChI=1S/C15H20F3NO/c1-10(2)12-5-6-19(9-12)8-11-3-4-14(20)13(7-11)15(16,17)18/h3-4,7,10,12,20H,5-6,8-9H2,1-2H3. The van der Waals surface area contributed by atoms with Gasteiger partial charge in [0.1, 0.15) is 5.75 Å². The number of benzene rings is 1. The third kappa shape index (κ3) is 3.45. The number of alkyl halides is 3. The first-order valence-corrected chi connectivity index (χ1v) is 6.89. The van der Waals surface area contributed by atoms with Gasteiger partial charge in [0.15, 0.2) is 0 Å². The van der Waals surface area contributed by atoms with Crippen LogP contribution in [0.15, 0.2) is 18.2 Å². The van der Waals surface area contributed by atoms with Crippen LogP contribution in [0.2, 0.25) is 0 Å². The van der Waals surface area contributed by atoms with Crippen molar-refractivity contribution in [2.24, 2.45) is 11.8 Å². The molecule has 1 heterocycles. The number of rotatable bonds is 3. The molecule has 1 aromatic carbocycles. The van der Waals surface area contributed by atoms with Gasteiger partial charge >= 0.3 is 6.18 Å². The SMILES string of the molecule is CC(C)C1CCN(Cc2ccc(O)c(C(F)(F)F)c2)C1. The van der Waals surface area contributed by atoms with E-state index >= 15 is 0 Å². The Bertz CT molecular complexity index is 471. The van der Waals surface area contributed by atoms with Crippen molar-refractivity contribution < 1.29 is 18.3 Å². The first-order chi connectivity index (χ1) is 9.27. The first-order valence-electron chi connectivity index (χ1n) is 6.89. The fourth-order valence-corrected chi connectivity index (χ4v) is 2.72. The number of likely N-dealkylation sites (tertiary alicyclic amines) is 1. The zero-order valence-electron chi connectivity index (χ0n) is 11.7. The summed E-state index contributed by atoms with van der Waals surface area (Å²) in [4.78, 5) is 2.18. The molecule has 1 saturated heterocycles. The van der Waals surface area contributed by atoms with Crippen LogP contribution in [-0.2, 0) is 12.7 Å². The Hall–Kier alpha value is -1.23. The minimum Gasteiger partial charge on any atom is -0.507 e. The maximum absolute atomic E-state index is 12.7. The highest BCUT2D eigenvalue weighted by Crippen LogP contribution is 2.36. The van der Waals surface area contributed by atoms with Crippen molar-refractivity contribution in [2.45, 2.75) is 33.0 Å². The van der Waals surface area contributed by atoms with Gasteiger partial charge in [-0.15, -0.1) is 0 Å². The molecule has 0 radical (unpaired) electrons. The monoisotopic (exact) mass is 287 g/mol. The summed E-state index contributed by atoms with van der Waals surface area (Å²) in [5.74, 6) is 0.516. The van der Waals surface area contributed by atoms with E-state index in [-0.39, 0.29) is 0 Å². The van der Waals surface area contributed by atoms with Crippen LogP contribution in [0.5, 0.6) is 5.75 Å². The molecular formula is C15H20F3NO. The van der Waals surface area contributed by atoms with E-state index < -0.39 is 17.5 Å². The van der Waals surface area contributed by atoms with Crippen molar-refractivity contribution in [3.63, 3.8) is 0 Å². The number of phenolic OH excluding ortho intramolecular Hbond substituents is 1. The average molecular weight is 287 g/mol. The Labute approximate surface area is 117 Å². The van der Waals surface area contributed by atoms with Gasteiger partial charge in [0.2, 0.25) is 0 Å². The second kappa shape index (κ2) is 5.64. The Kier molecular flexibility index (Phi) is 4.28. The molecule has 2 rings (SSSR count). The Morgan fingerprint density at radius 3 is 2.60 bits per heavy atom. The van der Waals surface area contributed by atoms with Gasteiger partial charge in [-0.2, -0.15) is 13.2 Å². The molecule has 0 saturated carbocycles. The summed E-state index contributed by atoms with van der Waals surface area (Å²) in [7, 11) is 0. The lowest BCUT2D eigenvalue weighted by atomic mass is 9.95. The number of halogens is 3. The van der Waals surface area contributed by atoms with Gasteiger partial charge in [-0.25, -0.2) is 0 Å². The summed E-state index contributed by atoms with van der Waals surface area (Å²) < 4.78 is 38.2. The fraction of sp³-hybridized carbons (Fsp3) is 0.600. The minimum absolute atomic E-state index is 0.507. The maximum Gasteiger partial charge on any atom is 0.419 e. The molecule has 0 spiro atoms. The second-order valence-corrected chi connectivity index (χ2v) is 5.88. The van der Waals surface area contributed by atoms with Crippen molar-refractivity contribution in [2.75, 3.05) is 13.1 Å². The van der Waals surface area contributed by atoms with Gasteiger partial charge in [0.05, 0.1) is 5.56 Å². The predicted octanol–water partition coefficient (Wildman–Crippen LogP) is 3.89. The number of phenols is 1. The van der Waals surface area contributed by atoms with Crippen molar-refractivity contribution in [3.8, 4) is 5.75 Å². The smallest absolute Gasteiger partial charge is 0.419 e. The van der Waals surface area contributed by atoms with Gasteiger partial charge in [-0.05, 0) is 42.5 Å². The third-order valence-corrected chi connectivity index (χ3v) is 4.02. The van der Waals surface area contributed by atoms with E-state index in [1.165, 1.54) is 0 Å². The molecule has 0 amide bonds. The van der Waals surface area contributed by atoms with Crippen LogP contribution in [0.3, 0.4) is 0 Å². The molecule has 1 N–H and O–H groups in total. The molecular weight excluding hydrogens is 267 g/mol. The van der Waals surface area contributed by atoms with Gasteiger partial charge in [0, 0.05) is 13.1 Å². The predicted molar refractivity (Wildman–Crippen MR) is 71.3 cm³/mol. The van der Waals surface area contributed by atoms with E-state index in [1.54, 1.807) is 6.07 Å². The minimum atomic E-state index is -4.51. The van der Waals surface area contributed by atoms with Gasteiger partial charge in [-0.1, -0.05) is 19.9 Å². The molecule has 2 nitrogen and oxygen atoms in total. The molecule has 1 atom stereocenters. The van der Waals surface area contributed by atoms with Gasteiger partial charge in [-0.3, -0.25) is 4.90 Å². The van der Waals surface area contributed by atoms with Crippen molar-refractivity contribution in [1.29, 1.82) is 0 Å². The molecule has 0 bridgehead atoms. The number of hydrogen-bond donors (Lipinski definition) is 1. The molecule has 1 aliphatic rings. The van der Waals surface area contributed by atoms with Crippen LogP contribution in [0.1, 0.15) is 31.4 Å². The van der Waals surface area contributed by atoms with Crippen LogP contribution < -0.4 is 0 Å². The van der Waals surface area contributed by atoms with E-state index in [0.29, 0.717) is 23.9 Å². The normalized spacial score (nSPS) is 20.8. The van der Waals surface area contributed by atoms with Crippen LogP contribution >= 0.6 is 0 Å². The van der Waals surface area contributed by atoms with Crippen LogP contribution in [-0.4, -0.2) is 23.1 Å². The van der Waals surface area contributed by atoms with E-state index in [9.17, 15) is 18.3 Å². The Morgan fingerprint density at radius 1 is 1.35 bits per heavy atom. The van der Waals surface area contributed by atoms with E-state index in [4.69, 9.17) is 0 Å². The number of nitrogens with zero attached hydrogens (tertiary/aromatic N) is 1. The zero-order chi connectivity index (χ0) is 14.9. The third-order valence-electron chi connectivity index (χ3n) is 4.02. The molecule has 5 heteroatoms. The Balaban J connectivity index is 2.08. The molecule has 112 valence electrons. The highest BCUT2D eigenvalue weighted by molar-refractivity contribution is 5.38. The highest BCUT2D eigenvalue weighted by atomic mass is 19.4. The topological polar surface area (TPSA) is 23.5 Å². The number of aromatic hydroxyl groups is 1. The summed E-state index contributed by atoms with van der Waals surface area (Å²) in [6.45, 7) is 6.71. The summed E-state index contributed by atoms with van der Waals surface area (Å²) in [6.07, 6.45) is -3.41. The van der Waals surface area contributed by atoms with Crippen molar-refractivity contribution >= 4 is 0 Å². The van der Waals surface area contributed by atoms with Crippen LogP contribution in [0.25, 0.3) is 0 Å². The molecule has 0 aliphatic carbocycles. The summed E-state index contributed by atoms with van der Waals surface area (Å²) in [5, 5.41) is 9.31. The summed E-state index contributed by atoms with van der Waals surface area (Å²) >= 11 is 0. The first kappa shape index (κ1) is 15.2. The summed E-state index contributed by atoms with van der Waals surface area (Å²) in [6, 6.07) is 3.75. The highest BCUT2D eigenvalue weighted by Gasteiger charge is 2.34. The summed E-state index contributed by atoms with van der Waals surface area (Å²) in [5.41, 5.74) is -0.353.